The van der Waals surface area contributed by atoms with Gasteiger partial charge in [0, 0.05) is 18.2 Å². The van der Waals surface area contributed by atoms with E-state index in [1.165, 1.54) is 5.56 Å². The first-order valence-corrected chi connectivity index (χ1v) is 5.48. The summed E-state index contributed by atoms with van der Waals surface area (Å²) in [5.74, 6) is 0.132. The van der Waals surface area contributed by atoms with Crippen LogP contribution >= 0.6 is 0 Å². The summed E-state index contributed by atoms with van der Waals surface area (Å²) in [6.07, 6.45) is 3.32. The number of hydrogen-bond donors (Lipinski definition) is 1. The average Bonchev–Trinajstić information content (AvgIpc) is 2.24. The van der Waals surface area contributed by atoms with Crippen molar-refractivity contribution in [2.45, 2.75) is 27.3 Å². The van der Waals surface area contributed by atoms with Gasteiger partial charge in [-0.25, -0.2) is 0 Å². The standard InChI is InChI=1S/C14H19NO/c1-14(2,3)13(16)9-10-15-11-12-7-5-4-6-8-12/h4-10,15H,11H2,1-3H3/b10-9-. The van der Waals surface area contributed by atoms with Crippen LogP contribution < -0.4 is 5.32 Å². The smallest absolute Gasteiger partial charge is 0.162 e. The van der Waals surface area contributed by atoms with Crippen LogP contribution in [0.4, 0.5) is 0 Å². The van der Waals surface area contributed by atoms with Gasteiger partial charge in [-0.2, -0.15) is 0 Å². The lowest BCUT2D eigenvalue weighted by Gasteiger charge is -2.12. The number of carbonyl (C=O) groups is 1. The monoisotopic (exact) mass is 217 g/mol. The SMILES string of the molecule is CC(C)(C)C(=O)/C=C\NCc1ccccc1. The first kappa shape index (κ1) is 12.5. The Morgan fingerprint density at radius 2 is 1.88 bits per heavy atom. The highest BCUT2D eigenvalue weighted by atomic mass is 16.1. The Morgan fingerprint density at radius 1 is 1.25 bits per heavy atom. The number of ketones is 1. The lowest BCUT2D eigenvalue weighted by Crippen LogP contribution is -2.18. The van der Waals surface area contributed by atoms with E-state index in [0.717, 1.165) is 6.54 Å². The van der Waals surface area contributed by atoms with Gasteiger partial charge in [-0.05, 0) is 11.6 Å². The Balaban J connectivity index is 2.37. The molecule has 0 radical (unpaired) electrons. The molecule has 0 amide bonds. The van der Waals surface area contributed by atoms with Gasteiger partial charge in [-0.15, -0.1) is 0 Å². The fourth-order valence-electron chi connectivity index (χ4n) is 1.16. The molecular weight excluding hydrogens is 198 g/mol. The van der Waals surface area contributed by atoms with Crippen LogP contribution in [0, 0.1) is 5.41 Å². The Labute approximate surface area is 97.4 Å². The summed E-state index contributed by atoms with van der Waals surface area (Å²) in [6.45, 7) is 6.49. The molecule has 0 aliphatic rings. The summed E-state index contributed by atoms with van der Waals surface area (Å²) in [5.41, 5.74) is 0.903. The van der Waals surface area contributed by atoms with Gasteiger partial charge in [0.2, 0.25) is 0 Å². The summed E-state index contributed by atoms with van der Waals surface area (Å²) in [7, 11) is 0. The molecule has 0 saturated carbocycles. The predicted molar refractivity (Wildman–Crippen MR) is 66.9 cm³/mol. The van der Waals surface area contributed by atoms with Crippen molar-refractivity contribution in [1.82, 2.24) is 5.32 Å². The second-order valence-electron chi connectivity index (χ2n) is 4.81. The minimum Gasteiger partial charge on any atom is -0.387 e. The van der Waals surface area contributed by atoms with Gasteiger partial charge in [0.25, 0.3) is 0 Å². The van der Waals surface area contributed by atoms with Crippen LogP contribution in [0.5, 0.6) is 0 Å². The molecule has 0 bridgehead atoms. The van der Waals surface area contributed by atoms with Crippen molar-refractivity contribution in [3.05, 3.63) is 48.2 Å². The quantitative estimate of drug-likeness (QED) is 0.786. The third kappa shape index (κ3) is 4.30. The molecule has 0 aliphatic heterocycles. The summed E-state index contributed by atoms with van der Waals surface area (Å²) < 4.78 is 0. The highest BCUT2D eigenvalue weighted by Gasteiger charge is 2.17. The van der Waals surface area contributed by atoms with Gasteiger partial charge < -0.3 is 5.32 Å². The van der Waals surface area contributed by atoms with Gasteiger partial charge >= 0.3 is 0 Å². The van der Waals surface area contributed by atoms with Gasteiger partial charge in [0.15, 0.2) is 5.78 Å². The highest BCUT2D eigenvalue weighted by Crippen LogP contribution is 2.14. The molecule has 0 heterocycles. The van der Waals surface area contributed by atoms with Crippen molar-refractivity contribution in [1.29, 1.82) is 0 Å². The zero-order chi connectivity index (χ0) is 12.0. The molecule has 86 valence electrons. The molecule has 1 aromatic rings. The fourth-order valence-corrected chi connectivity index (χ4v) is 1.16. The van der Waals surface area contributed by atoms with Crippen molar-refractivity contribution >= 4 is 5.78 Å². The first-order chi connectivity index (χ1) is 7.50. The third-order valence-electron chi connectivity index (χ3n) is 2.24. The molecule has 0 aliphatic carbocycles. The van der Waals surface area contributed by atoms with Crippen molar-refractivity contribution in [2.75, 3.05) is 0 Å². The topological polar surface area (TPSA) is 29.1 Å². The van der Waals surface area contributed by atoms with E-state index in [1.54, 1.807) is 12.3 Å². The average molecular weight is 217 g/mol. The number of rotatable bonds is 4. The molecule has 0 atom stereocenters. The maximum atomic E-state index is 11.5. The molecule has 2 nitrogen and oxygen atoms in total. The number of carbonyl (C=O) groups excluding carboxylic acids is 1. The van der Waals surface area contributed by atoms with Crippen LogP contribution in [0.3, 0.4) is 0 Å². The highest BCUT2D eigenvalue weighted by molar-refractivity contribution is 5.93. The molecule has 0 aromatic heterocycles. The van der Waals surface area contributed by atoms with Crippen LogP contribution in [0.1, 0.15) is 26.3 Å². The first-order valence-electron chi connectivity index (χ1n) is 5.48. The van der Waals surface area contributed by atoms with E-state index in [9.17, 15) is 4.79 Å². The van der Waals surface area contributed by atoms with Crippen LogP contribution in [0.25, 0.3) is 0 Å². The molecule has 1 N–H and O–H groups in total. The van der Waals surface area contributed by atoms with E-state index in [1.807, 2.05) is 51.1 Å². The predicted octanol–water partition coefficient (Wildman–Crippen LogP) is 2.91. The molecule has 1 rings (SSSR count). The summed E-state index contributed by atoms with van der Waals surface area (Å²) in [6, 6.07) is 10.1. The summed E-state index contributed by atoms with van der Waals surface area (Å²) >= 11 is 0. The zero-order valence-corrected chi connectivity index (χ0v) is 10.2. The van der Waals surface area contributed by atoms with Gasteiger partial charge in [0.05, 0.1) is 0 Å². The second-order valence-corrected chi connectivity index (χ2v) is 4.81. The van der Waals surface area contributed by atoms with Gasteiger partial charge in [0.1, 0.15) is 0 Å². The number of hydrogen-bond acceptors (Lipinski definition) is 2. The van der Waals surface area contributed by atoms with Gasteiger partial charge in [-0.1, -0.05) is 51.1 Å². The minimum atomic E-state index is -0.301. The zero-order valence-electron chi connectivity index (χ0n) is 10.2. The molecule has 0 saturated heterocycles. The molecular formula is C14H19NO. The van der Waals surface area contributed by atoms with Crippen LogP contribution in [0.2, 0.25) is 0 Å². The van der Waals surface area contributed by atoms with Crippen molar-refractivity contribution < 1.29 is 4.79 Å². The van der Waals surface area contributed by atoms with Crippen LogP contribution in [-0.2, 0) is 11.3 Å². The van der Waals surface area contributed by atoms with Crippen LogP contribution in [0.15, 0.2) is 42.6 Å². The maximum absolute atomic E-state index is 11.5. The Kier molecular flexibility index (Phi) is 4.29. The second kappa shape index (κ2) is 5.50. The number of allylic oxidation sites excluding steroid dienone is 1. The Morgan fingerprint density at radius 3 is 2.44 bits per heavy atom. The fraction of sp³-hybridized carbons (Fsp3) is 0.357. The maximum Gasteiger partial charge on any atom is 0.162 e. The van der Waals surface area contributed by atoms with Crippen molar-refractivity contribution in [3.8, 4) is 0 Å². The van der Waals surface area contributed by atoms with Crippen molar-refractivity contribution in [3.63, 3.8) is 0 Å². The molecule has 16 heavy (non-hydrogen) atoms. The summed E-state index contributed by atoms with van der Waals surface area (Å²) in [5, 5.41) is 3.10. The molecule has 2 heteroatoms. The molecule has 1 aromatic carbocycles. The molecule has 0 spiro atoms. The van der Waals surface area contributed by atoms with E-state index in [-0.39, 0.29) is 11.2 Å². The number of nitrogens with one attached hydrogen (secondary N) is 1. The van der Waals surface area contributed by atoms with Crippen molar-refractivity contribution in [2.24, 2.45) is 5.41 Å². The Hall–Kier alpha value is -1.57. The molecule has 0 unspecified atom stereocenters. The number of benzene rings is 1. The van der Waals surface area contributed by atoms with E-state index >= 15 is 0 Å². The largest absolute Gasteiger partial charge is 0.387 e. The third-order valence-corrected chi connectivity index (χ3v) is 2.24. The Bertz CT molecular complexity index is 360. The normalized spacial score (nSPS) is 11.7. The van der Waals surface area contributed by atoms with Gasteiger partial charge in [-0.3, -0.25) is 4.79 Å². The minimum absolute atomic E-state index is 0.132. The lowest BCUT2D eigenvalue weighted by molar-refractivity contribution is -0.121. The van der Waals surface area contributed by atoms with E-state index in [2.05, 4.69) is 5.32 Å². The van der Waals surface area contributed by atoms with E-state index in [4.69, 9.17) is 0 Å². The molecule has 0 fully saturated rings. The van der Waals surface area contributed by atoms with E-state index in [0.29, 0.717) is 0 Å². The van der Waals surface area contributed by atoms with Crippen LogP contribution in [-0.4, -0.2) is 5.78 Å². The lowest BCUT2D eigenvalue weighted by atomic mass is 9.91. The van der Waals surface area contributed by atoms with E-state index < -0.39 is 0 Å². The summed E-state index contributed by atoms with van der Waals surface area (Å²) in [4.78, 5) is 11.5.